The first-order valence-electron chi connectivity index (χ1n) is 7.34. The van der Waals surface area contributed by atoms with Crippen LogP contribution in [0.3, 0.4) is 0 Å². The van der Waals surface area contributed by atoms with Gasteiger partial charge in [0.15, 0.2) is 0 Å². The van der Waals surface area contributed by atoms with Gasteiger partial charge in [0, 0.05) is 13.2 Å². The first kappa shape index (κ1) is 17.7. The van der Waals surface area contributed by atoms with Gasteiger partial charge < -0.3 is 15.2 Å². The van der Waals surface area contributed by atoms with E-state index in [9.17, 15) is 4.79 Å². The van der Waals surface area contributed by atoms with Crippen molar-refractivity contribution in [2.24, 2.45) is 5.92 Å². The van der Waals surface area contributed by atoms with Crippen molar-refractivity contribution >= 4 is 12.0 Å². The van der Waals surface area contributed by atoms with E-state index in [2.05, 4.69) is 5.32 Å². The SMILES string of the molecule is CCOc1ccc(/C=C(/C#N)C(=O)NCC(C)CCO)cc1. The van der Waals surface area contributed by atoms with Crippen molar-refractivity contribution in [1.29, 1.82) is 5.26 Å². The van der Waals surface area contributed by atoms with Crippen molar-refractivity contribution in [1.82, 2.24) is 5.32 Å². The normalized spacial score (nSPS) is 12.4. The molecule has 1 aromatic carbocycles. The lowest BCUT2D eigenvalue weighted by atomic mass is 10.1. The highest BCUT2D eigenvalue weighted by Gasteiger charge is 2.10. The van der Waals surface area contributed by atoms with E-state index in [0.29, 0.717) is 19.6 Å². The summed E-state index contributed by atoms with van der Waals surface area (Å²) < 4.78 is 5.34. The van der Waals surface area contributed by atoms with Crippen LogP contribution < -0.4 is 10.1 Å². The van der Waals surface area contributed by atoms with Crippen LogP contribution in [0, 0.1) is 17.2 Å². The first-order valence-corrected chi connectivity index (χ1v) is 7.34. The Balaban J connectivity index is 2.69. The second-order valence-electron chi connectivity index (χ2n) is 5.00. The average molecular weight is 302 g/mol. The van der Waals surface area contributed by atoms with Crippen molar-refractivity contribution in [3.8, 4) is 11.8 Å². The molecule has 0 spiro atoms. The smallest absolute Gasteiger partial charge is 0.261 e. The Morgan fingerprint density at radius 1 is 1.45 bits per heavy atom. The predicted molar refractivity (Wildman–Crippen MR) is 85.1 cm³/mol. The molecule has 1 unspecified atom stereocenters. The van der Waals surface area contributed by atoms with Crippen LogP contribution in [0.25, 0.3) is 6.08 Å². The van der Waals surface area contributed by atoms with Gasteiger partial charge in [-0.25, -0.2) is 0 Å². The largest absolute Gasteiger partial charge is 0.494 e. The number of nitriles is 1. The molecule has 118 valence electrons. The van der Waals surface area contributed by atoms with Crippen LogP contribution >= 0.6 is 0 Å². The third-order valence-electron chi connectivity index (χ3n) is 3.10. The van der Waals surface area contributed by atoms with E-state index >= 15 is 0 Å². The Labute approximate surface area is 131 Å². The first-order chi connectivity index (χ1) is 10.6. The van der Waals surface area contributed by atoms with Gasteiger partial charge in [0.25, 0.3) is 5.91 Å². The van der Waals surface area contributed by atoms with Gasteiger partial charge in [-0.3, -0.25) is 4.79 Å². The van der Waals surface area contributed by atoms with Gasteiger partial charge in [0.2, 0.25) is 0 Å². The number of nitrogens with zero attached hydrogens (tertiary/aromatic N) is 1. The van der Waals surface area contributed by atoms with Crippen LogP contribution in [0.15, 0.2) is 29.8 Å². The number of carbonyl (C=O) groups excluding carboxylic acids is 1. The molecule has 5 heteroatoms. The van der Waals surface area contributed by atoms with Gasteiger partial charge in [0.05, 0.1) is 6.61 Å². The van der Waals surface area contributed by atoms with Gasteiger partial charge in [-0.15, -0.1) is 0 Å². The van der Waals surface area contributed by atoms with Crippen molar-refractivity contribution in [3.05, 3.63) is 35.4 Å². The zero-order valence-corrected chi connectivity index (χ0v) is 13.0. The molecule has 0 saturated heterocycles. The number of rotatable bonds is 8. The summed E-state index contributed by atoms with van der Waals surface area (Å²) in [5.41, 5.74) is 0.818. The summed E-state index contributed by atoms with van der Waals surface area (Å²) in [6.07, 6.45) is 2.16. The Bertz CT molecular complexity index is 544. The van der Waals surface area contributed by atoms with E-state index in [4.69, 9.17) is 15.1 Å². The highest BCUT2D eigenvalue weighted by molar-refractivity contribution is 6.01. The van der Waals surface area contributed by atoms with Gasteiger partial charge in [0.1, 0.15) is 17.4 Å². The maximum Gasteiger partial charge on any atom is 0.261 e. The number of benzene rings is 1. The highest BCUT2D eigenvalue weighted by Crippen LogP contribution is 2.14. The Morgan fingerprint density at radius 2 is 2.14 bits per heavy atom. The van der Waals surface area contributed by atoms with Crippen LogP contribution in [0.4, 0.5) is 0 Å². The molecule has 1 amide bonds. The van der Waals surface area contributed by atoms with Crippen molar-refractivity contribution < 1.29 is 14.6 Å². The molecule has 5 nitrogen and oxygen atoms in total. The molecular formula is C17H22N2O3. The van der Waals surface area contributed by atoms with Crippen molar-refractivity contribution in [3.63, 3.8) is 0 Å². The van der Waals surface area contributed by atoms with E-state index in [1.807, 2.05) is 19.9 Å². The number of ether oxygens (including phenoxy) is 1. The molecule has 1 atom stereocenters. The number of nitrogens with one attached hydrogen (secondary N) is 1. The fourth-order valence-corrected chi connectivity index (χ4v) is 1.83. The number of carbonyl (C=O) groups is 1. The zero-order valence-electron chi connectivity index (χ0n) is 13.0. The molecule has 0 aromatic heterocycles. The Kier molecular flexibility index (Phi) is 7.73. The third-order valence-corrected chi connectivity index (χ3v) is 3.10. The molecule has 0 fully saturated rings. The lowest BCUT2D eigenvalue weighted by Crippen LogP contribution is -2.29. The summed E-state index contributed by atoms with van der Waals surface area (Å²) in [4.78, 5) is 12.0. The fourth-order valence-electron chi connectivity index (χ4n) is 1.83. The molecule has 0 aliphatic rings. The molecule has 0 saturated carbocycles. The molecule has 0 radical (unpaired) electrons. The van der Waals surface area contributed by atoms with E-state index in [0.717, 1.165) is 11.3 Å². The molecule has 2 N–H and O–H groups in total. The summed E-state index contributed by atoms with van der Waals surface area (Å²) in [5, 5.41) is 20.7. The Hall–Kier alpha value is -2.32. The summed E-state index contributed by atoms with van der Waals surface area (Å²) in [7, 11) is 0. The minimum Gasteiger partial charge on any atom is -0.494 e. The lowest BCUT2D eigenvalue weighted by Gasteiger charge is -2.10. The van der Waals surface area contributed by atoms with Crippen LogP contribution in [-0.4, -0.2) is 30.8 Å². The predicted octanol–water partition coefficient (Wildman–Crippen LogP) is 2.13. The van der Waals surface area contributed by atoms with Gasteiger partial charge in [-0.2, -0.15) is 5.26 Å². The van der Waals surface area contributed by atoms with Crippen LogP contribution in [0.5, 0.6) is 5.75 Å². The maximum atomic E-state index is 12.0. The number of hydrogen-bond acceptors (Lipinski definition) is 4. The quantitative estimate of drug-likeness (QED) is 0.569. The number of amides is 1. The summed E-state index contributed by atoms with van der Waals surface area (Å²) in [6.45, 7) is 4.95. The topological polar surface area (TPSA) is 82.3 Å². The van der Waals surface area contributed by atoms with Crippen molar-refractivity contribution in [2.75, 3.05) is 19.8 Å². The van der Waals surface area contributed by atoms with Crippen LogP contribution in [0.1, 0.15) is 25.8 Å². The van der Waals surface area contributed by atoms with E-state index in [1.165, 1.54) is 0 Å². The molecule has 1 rings (SSSR count). The van der Waals surface area contributed by atoms with Gasteiger partial charge in [-0.05, 0) is 43.0 Å². The summed E-state index contributed by atoms with van der Waals surface area (Å²) in [5.74, 6) is 0.515. The maximum absolute atomic E-state index is 12.0. The standard InChI is InChI=1S/C17H22N2O3/c1-3-22-16-6-4-14(5-7-16)10-15(11-18)17(21)19-12-13(2)8-9-20/h4-7,10,13,20H,3,8-9,12H2,1-2H3,(H,19,21)/b15-10-. The molecule has 22 heavy (non-hydrogen) atoms. The monoisotopic (exact) mass is 302 g/mol. The number of aliphatic hydroxyl groups excluding tert-OH is 1. The van der Waals surface area contributed by atoms with E-state index < -0.39 is 5.91 Å². The van der Waals surface area contributed by atoms with Crippen molar-refractivity contribution in [2.45, 2.75) is 20.3 Å². The number of aliphatic hydroxyl groups is 1. The summed E-state index contributed by atoms with van der Waals surface area (Å²) >= 11 is 0. The molecule has 0 aliphatic carbocycles. The molecule has 0 heterocycles. The van der Waals surface area contributed by atoms with Gasteiger partial charge in [-0.1, -0.05) is 19.1 Å². The number of hydrogen-bond donors (Lipinski definition) is 2. The molecule has 0 aliphatic heterocycles. The van der Waals surface area contributed by atoms with Crippen LogP contribution in [0.2, 0.25) is 0 Å². The van der Waals surface area contributed by atoms with Crippen LogP contribution in [-0.2, 0) is 4.79 Å². The molecule has 0 bridgehead atoms. The minimum atomic E-state index is -0.402. The third kappa shape index (κ3) is 5.98. The molecule has 1 aromatic rings. The second-order valence-corrected chi connectivity index (χ2v) is 5.00. The minimum absolute atomic E-state index is 0.0559. The Morgan fingerprint density at radius 3 is 2.68 bits per heavy atom. The van der Waals surface area contributed by atoms with E-state index in [-0.39, 0.29) is 18.1 Å². The van der Waals surface area contributed by atoms with Gasteiger partial charge >= 0.3 is 0 Å². The fraction of sp³-hybridized carbons (Fsp3) is 0.412. The molecular weight excluding hydrogens is 280 g/mol. The second kappa shape index (κ2) is 9.59. The average Bonchev–Trinajstić information content (AvgIpc) is 2.52. The zero-order chi connectivity index (χ0) is 16.4. The summed E-state index contributed by atoms with van der Waals surface area (Å²) in [6, 6.07) is 9.10. The lowest BCUT2D eigenvalue weighted by molar-refractivity contribution is -0.117. The highest BCUT2D eigenvalue weighted by atomic mass is 16.5. The van der Waals surface area contributed by atoms with E-state index in [1.54, 1.807) is 30.3 Å².